The average Bonchev–Trinajstić information content (AvgIpc) is 2.82. The van der Waals surface area contributed by atoms with Crippen molar-refractivity contribution in [3.05, 3.63) is 17.0 Å². The van der Waals surface area contributed by atoms with Crippen LogP contribution in [-0.4, -0.2) is 35.6 Å². The maximum atomic E-state index is 4.50. The number of nitrogens with zero attached hydrogens (tertiary/aromatic N) is 4. The molecule has 0 unspecified atom stereocenters. The van der Waals surface area contributed by atoms with Crippen molar-refractivity contribution < 1.29 is 0 Å². The van der Waals surface area contributed by atoms with Crippen molar-refractivity contribution in [2.24, 2.45) is 0 Å². The van der Waals surface area contributed by atoms with Crippen molar-refractivity contribution in [1.82, 2.24) is 15.0 Å². The van der Waals surface area contributed by atoms with E-state index >= 15 is 0 Å². The van der Waals surface area contributed by atoms with Crippen molar-refractivity contribution in [1.29, 1.82) is 0 Å². The molecule has 0 saturated carbocycles. The molecule has 0 amide bonds. The van der Waals surface area contributed by atoms with Crippen LogP contribution in [0.2, 0.25) is 0 Å². The first-order chi connectivity index (χ1) is 9.10. The van der Waals surface area contributed by atoms with Gasteiger partial charge in [-0.2, -0.15) is 15.0 Å². The van der Waals surface area contributed by atoms with Gasteiger partial charge >= 0.3 is 0 Å². The summed E-state index contributed by atoms with van der Waals surface area (Å²) in [5.74, 6) is 2.05. The van der Waals surface area contributed by atoms with E-state index in [2.05, 4.69) is 46.2 Å². The Hall–Kier alpha value is -1.69. The van der Waals surface area contributed by atoms with Gasteiger partial charge in [-0.3, -0.25) is 0 Å². The molecule has 0 radical (unpaired) electrons. The summed E-state index contributed by atoms with van der Waals surface area (Å²) in [5.41, 5.74) is 0. The fraction of sp³-hybridized carbons (Fsp3) is 0.462. The second-order valence-corrected chi connectivity index (χ2v) is 5.80. The standard InChI is InChI=1S/C13H19N5S/c1-5-8-14-12-15-11(10-7-6-9(2)19-10)16-13(17-12)18(3)4/h6-7H,5,8H2,1-4H3,(H,14,15,16,17). The van der Waals surface area contributed by atoms with Crippen LogP contribution in [-0.2, 0) is 0 Å². The van der Waals surface area contributed by atoms with Crippen molar-refractivity contribution in [2.75, 3.05) is 30.9 Å². The largest absolute Gasteiger partial charge is 0.354 e. The van der Waals surface area contributed by atoms with Crippen LogP contribution >= 0.6 is 11.3 Å². The maximum absolute atomic E-state index is 4.50. The SMILES string of the molecule is CCCNc1nc(-c2ccc(C)s2)nc(N(C)C)n1. The molecule has 2 heterocycles. The molecule has 0 spiro atoms. The Morgan fingerprint density at radius 3 is 2.58 bits per heavy atom. The lowest BCUT2D eigenvalue weighted by molar-refractivity contribution is 0.921. The average molecular weight is 277 g/mol. The van der Waals surface area contributed by atoms with Gasteiger partial charge in [-0.1, -0.05) is 6.92 Å². The van der Waals surface area contributed by atoms with Gasteiger partial charge in [0.05, 0.1) is 4.88 Å². The molecular formula is C13H19N5S. The smallest absolute Gasteiger partial charge is 0.230 e. The molecule has 0 aromatic carbocycles. The molecule has 0 aliphatic heterocycles. The Bertz CT molecular complexity index is 550. The van der Waals surface area contributed by atoms with E-state index in [1.54, 1.807) is 11.3 Å². The first-order valence-electron chi connectivity index (χ1n) is 6.34. The quantitative estimate of drug-likeness (QED) is 0.910. The summed E-state index contributed by atoms with van der Waals surface area (Å²) in [4.78, 5) is 17.6. The van der Waals surface area contributed by atoms with Crippen LogP contribution in [0, 0.1) is 6.92 Å². The fourth-order valence-corrected chi connectivity index (χ4v) is 2.35. The summed E-state index contributed by atoms with van der Waals surface area (Å²) in [6, 6.07) is 4.14. The summed E-state index contributed by atoms with van der Waals surface area (Å²) < 4.78 is 0. The number of aryl methyl sites for hydroxylation is 1. The lowest BCUT2D eigenvalue weighted by atomic mass is 10.4. The number of thiophene rings is 1. The van der Waals surface area contributed by atoms with Gasteiger partial charge in [-0.25, -0.2) is 0 Å². The molecule has 5 nitrogen and oxygen atoms in total. The third-order valence-corrected chi connectivity index (χ3v) is 3.51. The molecule has 0 saturated heterocycles. The van der Waals surface area contributed by atoms with Crippen molar-refractivity contribution in [2.45, 2.75) is 20.3 Å². The number of hydrogen-bond donors (Lipinski definition) is 1. The minimum Gasteiger partial charge on any atom is -0.354 e. The Labute approximate surface area is 117 Å². The summed E-state index contributed by atoms with van der Waals surface area (Å²) >= 11 is 1.69. The van der Waals surface area contributed by atoms with E-state index in [9.17, 15) is 0 Å². The van der Waals surface area contributed by atoms with E-state index in [4.69, 9.17) is 0 Å². The maximum Gasteiger partial charge on any atom is 0.230 e. The van der Waals surface area contributed by atoms with E-state index in [-0.39, 0.29) is 0 Å². The number of rotatable bonds is 5. The molecule has 19 heavy (non-hydrogen) atoms. The van der Waals surface area contributed by atoms with Crippen LogP contribution in [0.3, 0.4) is 0 Å². The molecule has 0 atom stereocenters. The lowest BCUT2D eigenvalue weighted by Gasteiger charge is -2.12. The molecule has 2 aromatic heterocycles. The van der Waals surface area contributed by atoms with Gasteiger partial charge in [-0.05, 0) is 25.5 Å². The summed E-state index contributed by atoms with van der Waals surface area (Å²) in [6.07, 6.45) is 1.04. The molecule has 0 aliphatic rings. The zero-order chi connectivity index (χ0) is 13.8. The second-order valence-electron chi connectivity index (χ2n) is 4.51. The fourth-order valence-electron chi connectivity index (χ4n) is 1.55. The van der Waals surface area contributed by atoms with E-state index in [0.717, 1.165) is 23.7 Å². The van der Waals surface area contributed by atoms with Crippen LogP contribution in [0.4, 0.5) is 11.9 Å². The summed E-state index contributed by atoms with van der Waals surface area (Å²) in [6.45, 7) is 5.06. The number of aromatic nitrogens is 3. The molecule has 6 heteroatoms. The topological polar surface area (TPSA) is 53.9 Å². The summed E-state index contributed by atoms with van der Waals surface area (Å²) in [5, 5.41) is 3.22. The van der Waals surface area contributed by atoms with Crippen molar-refractivity contribution in [3.63, 3.8) is 0 Å². The highest BCUT2D eigenvalue weighted by Crippen LogP contribution is 2.26. The summed E-state index contributed by atoms with van der Waals surface area (Å²) in [7, 11) is 3.87. The van der Waals surface area contributed by atoms with E-state index in [1.807, 2.05) is 19.0 Å². The highest BCUT2D eigenvalue weighted by Gasteiger charge is 2.11. The van der Waals surface area contributed by atoms with Gasteiger partial charge in [0.2, 0.25) is 11.9 Å². The van der Waals surface area contributed by atoms with Gasteiger partial charge in [0.1, 0.15) is 0 Å². The second kappa shape index (κ2) is 5.97. The normalized spacial score (nSPS) is 10.5. The molecular weight excluding hydrogens is 258 g/mol. The molecule has 0 aliphatic carbocycles. The highest BCUT2D eigenvalue weighted by molar-refractivity contribution is 7.15. The predicted octanol–water partition coefficient (Wildman–Crippen LogP) is 2.80. The van der Waals surface area contributed by atoms with Crippen molar-refractivity contribution in [3.8, 4) is 10.7 Å². The minimum absolute atomic E-state index is 0.640. The zero-order valence-corrected chi connectivity index (χ0v) is 12.6. The Morgan fingerprint density at radius 2 is 2.00 bits per heavy atom. The van der Waals surface area contributed by atoms with E-state index in [1.165, 1.54) is 4.88 Å². The van der Waals surface area contributed by atoms with E-state index in [0.29, 0.717) is 11.9 Å². The van der Waals surface area contributed by atoms with Gasteiger partial charge < -0.3 is 10.2 Å². The Morgan fingerprint density at radius 1 is 1.21 bits per heavy atom. The van der Waals surface area contributed by atoms with Gasteiger partial charge in [0, 0.05) is 25.5 Å². The van der Waals surface area contributed by atoms with Gasteiger partial charge in [0.15, 0.2) is 5.82 Å². The Balaban J connectivity index is 2.39. The first-order valence-corrected chi connectivity index (χ1v) is 7.16. The Kier molecular flexibility index (Phi) is 4.31. The predicted molar refractivity (Wildman–Crippen MR) is 81.0 cm³/mol. The number of hydrogen-bond acceptors (Lipinski definition) is 6. The molecule has 2 aromatic rings. The van der Waals surface area contributed by atoms with Gasteiger partial charge in [0.25, 0.3) is 0 Å². The molecule has 1 N–H and O–H groups in total. The van der Waals surface area contributed by atoms with Gasteiger partial charge in [-0.15, -0.1) is 11.3 Å². The minimum atomic E-state index is 0.640. The first kappa shape index (κ1) is 13.7. The van der Waals surface area contributed by atoms with Crippen LogP contribution in [0.15, 0.2) is 12.1 Å². The van der Waals surface area contributed by atoms with Crippen molar-refractivity contribution >= 4 is 23.2 Å². The van der Waals surface area contributed by atoms with E-state index < -0.39 is 0 Å². The molecule has 0 fully saturated rings. The van der Waals surface area contributed by atoms with Crippen LogP contribution < -0.4 is 10.2 Å². The lowest BCUT2D eigenvalue weighted by Crippen LogP contribution is -2.16. The monoisotopic (exact) mass is 277 g/mol. The zero-order valence-electron chi connectivity index (χ0n) is 11.8. The molecule has 0 bridgehead atoms. The third-order valence-electron chi connectivity index (χ3n) is 2.52. The molecule has 2 rings (SSSR count). The number of nitrogens with one attached hydrogen (secondary N) is 1. The van der Waals surface area contributed by atoms with Crippen LogP contribution in [0.5, 0.6) is 0 Å². The molecule has 102 valence electrons. The number of anilines is 2. The van der Waals surface area contributed by atoms with Crippen LogP contribution in [0.25, 0.3) is 10.7 Å². The van der Waals surface area contributed by atoms with Crippen LogP contribution in [0.1, 0.15) is 18.2 Å². The highest BCUT2D eigenvalue weighted by atomic mass is 32.1. The third kappa shape index (κ3) is 3.41.